The average molecular weight is 381 g/mol. The van der Waals surface area contributed by atoms with Crippen molar-refractivity contribution < 1.29 is 8.42 Å². The highest BCUT2D eigenvalue weighted by atomic mass is 32.2. The van der Waals surface area contributed by atoms with Crippen LogP contribution >= 0.6 is 0 Å². The van der Waals surface area contributed by atoms with Crippen molar-refractivity contribution in [3.63, 3.8) is 0 Å². The van der Waals surface area contributed by atoms with Crippen LogP contribution in [0.3, 0.4) is 0 Å². The molecule has 7 heteroatoms. The van der Waals surface area contributed by atoms with E-state index in [4.69, 9.17) is 0 Å². The maximum Gasteiger partial charge on any atom is 0.242 e. The lowest BCUT2D eigenvalue weighted by molar-refractivity contribution is 0.454. The van der Waals surface area contributed by atoms with Crippen molar-refractivity contribution in [2.75, 3.05) is 34.7 Å². The van der Waals surface area contributed by atoms with E-state index in [0.29, 0.717) is 11.4 Å². The van der Waals surface area contributed by atoms with Crippen LogP contribution in [0.4, 0.5) is 0 Å². The fourth-order valence-corrected chi connectivity index (χ4v) is 3.69. The minimum Gasteiger partial charge on any atom is -0.352 e. The molecule has 0 heterocycles. The molecular formula is C19H32N4O2S. The molecule has 0 aliphatic rings. The van der Waals surface area contributed by atoms with Gasteiger partial charge in [-0.2, -0.15) is 0 Å². The molecule has 1 aromatic rings. The van der Waals surface area contributed by atoms with Crippen LogP contribution in [0, 0.1) is 0 Å². The molecule has 0 fully saturated rings. The number of nitrogens with zero attached hydrogens (tertiary/aromatic N) is 3. The van der Waals surface area contributed by atoms with E-state index in [1.807, 2.05) is 25.3 Å². The summed E-state index contributed by atoms with van der Waals surface area (Å²) in [5, 5.41) is 3.27. The van der Waals surface area contributed by atoms with Gasteiger partial charge in [-0.3, -0.25) is 4.99 Å². The molecule has 0 amide bonds. The van der Waals surface area contributed by atoms with E-state index in [0.717, 1.165) is 43.8 Å². The van der Waals surface area contributed by atoms with Gasteiger partial charge in [-0.25, -0.2) is 12.7 Å². The van der Waals surface area contributed by atoms with E-state index < -0.39 is 10.0 Å². The van der Waals surface area contributed by atoms with E-state index in [1.54, 1.807) is 33.3 Å². The van der Waals surface area contributed by atoms with Gasteiger partial charge in [0, 0.05) is 41.3 Å². The molecule has 0 atom stereocenters. The van der Waals surface area contributed by atoms with Crippen LogP contribution in [-0.4, -0.2) is 58.3 Å². The van der Waals surface area contributed by atoms with Crippen LogP contribution in [0.2, 0.25) is 0 Å². The number of allylic oxidation sites excluding steroid dienone is 1. The third-order valence-corrected chi connectivity index (χ3v) is 6.06. The molecular weight excluding hydrogens is 348 g/mol. The summed E-state index contributed by atoms with van der Waals surface area (Å²) in [4.78, 5) is 6.69. The quantitative estimate of drug-likeness (QED) is 0.293. The molecule has 146 valence electrons. The number of hydrogen-bond acceptors (Lipinski definition) is 3. The lowest BCUT2D eigenvalue weighted by atomic mass is 10.2. The lowest BCUT2D eigenvalue weighted by Gasteiger charge is -2.23. The van der Waals surface area contributed by atoms with E-state index in [-0.39, 0.29) is 0 Å². The Balaban J connectivity index is 2.71. The predicted octanol–water partition coefficient (Wildman–Crippen LogP) is 2.69. The van der Waals surface area contributed by atoms with Crippen LogP contribution in [-0.2, 0) is 16.6 Å². The fourth-order valence-electron chi connectivity index (χ4n) is 2.58. The van der Waals surface area contributed by atoms with Gasteiger partial charge in [-0.1, -0.05) is 30.7 Å². The van der Waals surface area contributed by atoms with E-state index in [9.17, 15) is 8.42 Å². The Morgan fingerprint density at radius 2 is 1.88 bits per heavy atom. The molecule has 26 heavy (non-hydrogen) atoms. The third kappa shape index (κ3) is 6.46. The van der Waals surface area contributed by atoms with Gasteiger partial charge >= 0.3 is 0 Å². The number of hydrogen-bond donors (Lipinski definition) is 1. The van der Waals surface area contributed by atoms with Crippen molar-refractivity contribution >= 4 is 16.0 Å². The van der Waals surface area contributed by atoms with Crippen molar-refractivity contribution in [3.05, 3.63) is 42.5 Å². The molecule has 0 unspecified atom stereocenters. The minimum atomic E-state index is -3.47. The van der Waals surface area contributed by atoms with Crippen LogP contribution < -0.4 is 5.32 Å². The van der Waals surface area contributed by atoms with Crippen molar-refractivity contribution in [1.82, 2.24) is 14.5 Å². The van der Waals surface area contributed by atoms with Crippen LogP contribution in [0.1, 0.15) is 31.2 Å². The molecule has 0 aromatic heterocycles. The SMILES string of the molecule is C=CCCCCCN(C)C(=NC)NCc1ccccc1S(=O)(=O)N(C)C. The Bertz CT molecular complexity index is 699. The second kappa shape index (κ2) is 11.0. The zero-order valence-corrected chi connectivity index (χ0v) is 17.2. The van der Waals surface area contributed by atoms with Gasteiger partial charge in [0.25, 0.3) is 0 Å². The summed E-state index contributed by atoms with van der Waals surface area (Å²) in [5.41, 5.74) is 0.724. The highest BCUT2D eigenvalue weighted by Crippen LogP contribution is 2.18. The maximum absolute atomic E-state index is 12.5. The highest BCUT2D eigenvalue weighted by Gasteiger charge is 2.20. The maximum atomic E-state index is 12.5. The molecule has 1 aromatic carbocycles. The Morgan fingerprint density at radius 1 is 1.19 bits per heavy atom. The summed E-state index contributed by atoms with van der Waals surface area (Å²) < 4.78 is 26.2. The second-order valence-corrected chi connectivity index (χ2v) is 8.48. The average Bonchev–Trinajstić information content (AvgIpc) is 2.62. The second-order valence-electron chi connectivity index (χ2n) is 6.36. The molecule has 6 nitrogen and oxygen atoms in total. The number of aliphatic imine (C=N–C) groups is 1. The zero-order chi connectivity index (χ0) is 19.6. The number of sulfonamides is 1. The lowest BCUT2D eigenvalue weighted by Crippen LogP contribution is -2.39. The summed E-state index contributed by atoms with van der Waals surface area (Å²) in [5.74, 6) is 0.755. The molecule has 0 bridgehead atoms. The Morgan fingerprint density at radius 3 is 2.50 bits per heavy atom. The molecule has 0 saturated carbocycles. The molecule has 0 spiro atoms. The molecule has 0 aliphatic carbocycles. The van der Waals surface area contributed by atoms with Crippen molar-refractivity contribution in [3.8, 4) is 0 Å². The van der Waals surface area contributed by atoms with Crippen LogP contribution in [0.15, 0.2) is 46.8 Å². The number of rotatable bonds is 10. The van der Waals surface area contributed by atoms with Crippen molar-refractivity contribution in [2.45, 2.75) is 37.1 Å². The van der Waals surface area contributed by atoms with Gasteiger partial charge < -0.3 is 10.2 Å². The highest BCUT2D eigenvalue weighted by molar-refractivity contribution is 7.89. The Hall–Kier alpha value is -1.86. The Kier molecular flexibility index (Phi) is 9.37. The molecule has 0 saturated heterocycles. The fraction of sp³-hybridized carbons (Fsp3) is 0.526. The topological polar surface area (TPSA) is 65.0 Å². The minimum absolute atomic E-state index is 0.319. The van der Waals surface area contributed by atoms with Crippen molar-refractivity contribution in [2.24, 2.45) is 4.99 Å². The van der Waals surface area contributed by atoms with Gasteiger partial charge in [0.1, 0.15) is 0 Å². The first-order valence-corrected chi connectivity index (χ1v) is 10.3. The normalized spacial score (nSPS) is 12.3. The van der Waals surface area contributed by atoms with E-state index in [1.165, 1.54) is 4.31 Å². The van der Waals surface area contributed by atoms with Gasteiger partial charge in [-0.15, -0.1) is 6.58 Å². The third-order valence-electron chi connectivity index (χ3n) is 4.14. The summed E-state index contributed by atoms with van der Waals surface area (Å²) in [6, 6.07) is 7.05. The first-order valence-electron chi connectivity index (χ1n) is 8.87. The summed E-state index contributed by atoms with van der Waals surface area (Å²) in [6.07, 6.45) is 6.38. The number of unbranched alkanes of at least 4 members (excludes halogenated alkanes) is 3. The number of nitrogens with one attached hydrogen (secondary N) is 1. The standard InChI is InChI=1S/C19H32N4O2S/c1-6-7-8-9-12-15-23(5)19(20-2)21-16-17-13-10-11-14-18(17)26(24,25)22(3)4/h6,10-11,13-14H,1,7-9,12,15-16H2,2-5H3,(H,20,21). The first kappa shape index (κ1) is 22.2. The Labute approximate surface area is 158 Å². The molecule has 0 aliphatic heterocycles. The summed E-state index contributed by atoms with van der Waals surface area (Å²) in [6.45, 7) is 5.03. The summed E-state index contributed by atoms with van der Waals surface area (Å²) >= 11 is 0. The van der Waals surface area contributed by atoms with Gasteiger partial charge in [0.15, 0.2) is 5.96 Å². The van der Waals surface area contributed by atoms with Crippen LogP contribution in [0.25, 0.3) is 0 Å². The van der Waals surface area contributed by atoms with E-state index >= 15 is 0 Å². The zero-order valence-electron chi connectivity index (χ0n) is 16.4. The molecule has 1 N–H and O–H groups in total. The van der Waals surface area contributed by atoms with E-state index in [2.05, 4.69) is 21.8 Å². The smallest absolute Gasteiger partial charge is 0.242 e. The molecule has 1 rings (SSSR count). The monoisotopic (exact) mass is 380 g/mol. The predicted molar refractivity (Wildman–Crippen MR) is 109 cm³/mol. The van der Waals surface area contributed by atoms with Crippen molar-refractivity contribution in [1.29, 1.82) is 0 Å². The van der Waals surface area contributed by atoms with Gasteiger partial charge in [0.2, 0.25) is 10.0 Å². The largest absolute Gasteiger partial charge is 0.352 e. The molecule has 0 radical (unpaired) electrons. The van der Waals surface area contributed by atoms with Gasteiger partial charge in [0.05, 0.1) is 4.90 Å². The number of benzene rings is 1. The van der Waals surface area contributed by atoms with Gasteiger partial charge in [-0.05, 0) is 30.9 Å². The first-order chi connectivity index (χ1) is 12.3. The number of guanidine groups is 1. The summed E-state index contributed by atoms with van der Waals surface area (Å²) in [7, 11) is 3.33. The van der Waals surface area contributed by atoms with Crippen LogP contribution in [0.5, 0.6) is 0 Å².